The zero-order chi connectivity index (χ0) is 16.7. The van der Waals surface area contributed by atoms with Crippen LogP contribution < -0.4 is 4.72 Å². The van der Waals surface area contributed by atoms with Crippen molar-refractivity contribution < 1.29 is 8.42 Å². The first-order chi connectivity index (χ1) is 11.1. The Kier molecular flexibility index (Phi) is 6.88. The summed E-state index contributed by atoms with van der Waals surface area (Å²) in [6.07, 6.45) is 3.03. The number of hydrogen-bond donors (Lipinski definition) is 1. The van der Waals surface area contributed by atoms with E-state index in [0.29, 0.717) is 17.6 Å². The van der Waals surface area contributed by atoms with Crippen LogP contribution in [0.1, 0.15) is 33.1 Å². The van der Waals surface area contributed by atoms with E-state index in [9.17, 15) is 8.42 Å². The second-order valence-corrected chi connectivity index (χ2v) is 7.74. The molecule has 0 aliphatic heterocycles. The molecule has 0 amide bonds. The Morgan fingerprint density at radius 3 is 2.57 bits per heavy atom. The molecule has 0 atom stereocenters. The van der Waals surface area contributed by atoms with Crippen molar-refractivity contribution in [1.82, 2.24) is 18.4 Å². The first-order valence-electron chi connectivity index (χ1n) is 8.01. The van der Waals surface area contributed by atoms with E-state index >= 15 is 0 Å². The van der Waals surface area contributed by atoms with E-state index in [-0.39, 0.29) is 4.90 Å². The summed E-state index contributed by atoms with van der Waals surface area (Å²) < 4.78 is 35.8. The van der Waals surface area contributed by atoms with Gasteiger partial charge in [-0.3, -0.25) is 0 Å². The number of hydrogen-bond acceptors (Lipinski definition) is 6. The van der Waals surface area contributed by atoms with Crippen molar-refractivity contribution in [3.63, 3.8) is 0 Å². The predicted octanol–water partition coefficient (Wildman–Crippen LogP) is 2.48. The second kappa shape index (κ2) is 8.68. The molecule has 0 aliphatic rings. The summed E-state index contributed by atoms with van der Waals surface area (Å²) in [5.41, 5.74) is 1.07. The van der Waals surface area contributed by atoms with E-state index in [1.807, 2.05) is 0 Å². The topological polar surface area (TPSA) is 75.2 Å². The summed E-state index contributed by atoms with van der Waals surface area (Å²) in [5, 5.41) is 0. The van der Waals surface area contributed by atoms with Gasteiger partial charge < -0.3 is 4.90 Å². The monoisotopic (exact) mass is 356 g/mol. The lowest BCUT2D eigenvalue weighted by atomic mass is 10.3. The van der Waals surface area contributed by atoms with E-state index in [1.165, 1.54) is 0 Å². The standard InChI is InChI=1S/C15H24N4O2S2/c1-3-10-19(11-4-2)12-6-9-16-23(20,21)14-8-5-7-13-15(14)18-22-17-13/h5,7-8,16H,3-4,6,9-12H2,1-2H3. The Hall–Kier alpha value is -1.09. The van der Waals surface area contributed by atoms with Gasteiger partial charge in [-0.15, -0.1) is 0 Å². The molecular weight excluding hydrogens is 332 g/mol. The molecule has 1 aromatic carbocycles. The molecule has 6 nitrogen and oxygen atoms in total. The lowest BCUT2D eigenvalue weighted by molar-refractivity contribution is 0.272. The van der Waals surface area contributed by atoms with Crippen molar-refractivity contribution in [2.45, 2.75) is 38.0 Å². The highest BCUT2D eigenvalue weighted by Crippen LogP contribution is 2.20. The minimum atomic E-state index is -3.54. The Balaban J connectivity index is 1.93. The van der Waals surface area contributed by atoms with Crippen LogP contribution in [0.5, 0.6) is 0 Å². The van der Waals surface area contributed by atoms with Crippen LogP contribution in [0.3, 0.4) is 0 Å². The van der Waals surface area contributed by atoms with Gasteiger partial charge in [-0.25, -0.2) is 13.1 Å². The van der Waals surface area contributed by atoms with Crippen LogP contribution in [0.15, 0.2) is 23.1 Å². The Bertz CT molecular complexity index is 709. The molecule has 0 spiro atoms. The van der Waals surface area contributed by atoms with Crippen LogP contribution in [-0.2, 0) is 10.0 Å². The van der Waals surface area contributed by atoms with Crippen molar-refractivity contribution in [3.8, 4) is 0 Å². The van der Waals surface area contributed by atoms with Crippen molar-refractivity contribution >= 4 is 32.8 Å². The van der Waals surface area contributed by atoms with Crippen LogP contribution in [0.4, 0.5) is 0 Å². The normalized spacial score (nSPS) is 12.3. The average molecular weight is 357 g/mol. The molecule has 0 fully saturated rings. The molecule has 1 heterocycles. The molecule has 1 N–H and O–H groups in total. The van der Waals surface area contributed by atoms with Crippen LogP contribution in [-0.4, -0.2) is 48.2 Å². The van der Waals surface area contributed by atoms with E-state index in [1.54, 1.807) is 18.2 Å². The number of rotatable bonds is 10. The summed E-state index contributed by atoms with van der Waals surface area (Å²) in [6, 6.07) is 5.04. The minimum absolute atomic E-state index is 0.211. The zero-order valence-corrected chi connectivity index (χ0v) is 15.3. The fraction of sp³-hybridized carbons (Fsp3) is 0.600. The molecule has 2 rings (SSSR count). The quantitative estimate of drug-likeness (QED) is 0.662. The lowest BCUT2D eigenvalue weighted by Crippen LogP contribution is -2.31. The minimum Gasteiger partial charge on any atom is -0.303 e. The number of sulfonamides is 1. The van der Waals surface area contributed by atoms with Gasteiger partial charge in [0.05, 0.1) is 11.7 Å². The highest BCUT2D eigenvalue weighted by atomic mass is 32.2. The fourth-order valence-corrected chi connectivity index (χ4v) is 4.39. The molecule has 0 radical (unpaired) electrons. The maximum Gasteiger partial charge on any atom is 0.242 e. The number of benzene rings is 1. The van der Waals surface area contributed by atoms with Crippen molar-refractivity contribution in [2.75, 3.05) is 26.2 Å². The molecule has 0 unspecified atom stereocenters. The van der Waals surface area contributed by atoms with Gasteiger partial charge in [0, 0.05) is 6.54 Å². The van der Waals surface area contributed by atoms with Gasteiger partial charge in [-0.05, 0) is 51.0 Å². The molecule has 128 valence electrons. The Morgan fingerprint density at radius 1 is 1.13 bits per heavy atom. The van der Waals surface area contributed by atoms with Gasteiger partial charge in [-0.2, -0.15) is 8.75 Å². The molecule has 0 saturated carbocycles. The van der Waals surface area contributed by atoms with Gasteiger partial charge in [0.15, 0.2) is 0 Å². The van der Waals surface area contributed by atoms with Gasteiger partial charge in [-0.1, -0.05) is 19.9 Å². The molecule has 1 aromatic heterocycles. The summed E-state index contributed by atoms with van der Waals surface area (Å²) >= 11 is 1.03. The number of nitrogens with one attached hydrogen (secondary N) is 1. The van der Waals surface area contributed by atoms with E-state index in [2.05, 4.69) is 32.2 Å². The summed E-state index contributed by atoms with van der Waals surface area (Å²) in [6.45, 7) is 7.78. The Morgan fingerprint density at radius 2 is 1.87 bits per heavy atom. The third-order valence-electron chi connectivity index (χ3n) is 3.56. The maximum atomic E-state index is 12.5. The van der Waals surface area contributed by atoms with Crippen molar-refractivity contribution in [3.05, 3.63) is 18.2 Å². The highest BCUT2D eigenvalue weighted by Gasteiger charge is 2.18. The van der Waals surface area contributed by atoms with Gasteiger partial charge >= 0.3 is 0 Å². The van der Waals surface area contributed by atoms with E-state index in [0.717, 1.165) is 50.6 Å². The number of nitrogens with zero attached hydrogens (tertiary/aromatic N) is 3. The van der Waals surface area contributed by atoms with Crippen LogP contribution in [0.25, 0.3) is 11.0 Å². The summed E-state index contributed by atoms with van der Waals surface area (Å²) in [4.78, 5) is 2.59. The van der Waals surface area contributed by atoms with Crippen LogP contribution in [0, 0.1) is 0 Å². The first kappa shape index (κ1) is 18.3. The zero-order valence-electron chi connectivity index (χ0n) is 13.7. The van der Waals surface area contributed by atoms with Gasteiger partial charge in [0.2, 0.25) is 10.0 Å². The molecule has 8 heteroatoms. The predicted molar refractivity (Wildman–Crippen MR) is 94.2 cm³/mol. The van der Waals surface area contributed by atoms with Gasteiger partial charge in [0.25, 0.3) is 0 Å². The third kappa shape index (κ3) is 4.94. The average Bonchev–Trinajstić information content (AvgIpc) is 3.00. The molecule has 23 heavy (non-hydrogen) atoms. The van der Waals surface area contributed by atoms with Crippen molar-refractivity contribution in [1.29, 1.82) is 0 Å². The van der Waals surface area contributed by atoms with E-state index < -0.39 is 10.0 Å². The molecular formula is C15H24N4O2S2. The second-order valence-electron chi connectivity index (χ2n) is 5.48. The van der Waals surface area contributed by atoms with E-state index in [4.69, 9.17) is 0 Å². The Labute approximate surface area is 142 Å². The highest BCUT2D eigenvalue weighted by molar-refractivity contribution is 7.89. The first-order valence-corrected chi connectivity index (χ1v) is 10.2. The number of fused-ring (bicyclic) bond motifs is 1. The molecule has 2 aromatic rings. The molecule has 0 bridgehead atoms. The lowest BCUT2D eigenvalue weighted by Gasteiger charge is -2.20. The molecule has 0 aliphatic carbocycles. The van der Waals surface area contributed by atoms with Crippen LogP contribution >= 0.6 is 11.7 Å². The number of aromatic nitrogens is 2. The largest absolute Gasteiger partial charge is 0.303 e. The third-order valence-corrected chi connectivity index (χ3v) is 5.60. The molecule has 0 saturated heterocycles. The van der Waals surface area contributed by atoms with Crippen molar-refractivity contribution in [2.24, 2.45) is 0 Å². The fourth-order valence-electron chi connectivity index (χ4n) is 2.55. The summed E-state index contributed by atoms with van der Waals surface area (Å²) in [7, 11) is -3.54. The van der Waals surface area contributed by atoms with Crippen LogP contribution in [0.2, 0.25) is 0 Å². The smallest absolute Gasteiger partial charge is 0.242 e. The summed E-state index contributed by atoms with van der Waals surface area (Å²) in [5.74, 6) is 0. The van der Waals surface area contributed by atoms with Gasteiger partial charge in [0.1, 0.15) is 15.9 Å². The SMILES string of the molecule is CCCN(CCC)CCCNS(=O)(=O)c1cccc2nsnc12. The maximum absolute atomic E-state index is 12.5.